The summed E-state index contributed by atoms with van der Waals surface area (Å²) in [5.41, 5.74) is 10.7. The van der Waals surface area contributed by atoms with Crippen LogP contribution in [0.3, 0.4) is 0 Å². The molecule has 0 bridgehead atoms. The summed E-state index contributed by atoms with van der Waals surface area (Å²) in [6.07, 6.45) is 0. The number of halogens is 1. The average Bonchev–Trinajstić information content (AvgIpc) is 2.05. The van der Waals surface area contributed by atoms with Crippen LogP contribution >= 0.6 is 15.9 Å². The van der Waals surface area contributed by atoms with Crippen LogP contribution < -0.4 is 5.73 Å². The number of benzene rings is 1. The van der Waals surface area contributed by atoms with Crippen LogP contribution in [0, 0.1) is 11.5 Å². The van der Waals surface area contributed by atoms with E-state index in [1.165, 1.54) is 0 Å². The summed E-state index contributed by atoms with van der Waals surface area (Å²) in [6.45, 7) is 6.67. The van der Waals surface area contributed by atoms with Crippen LogP contribution in [0.5, 0.6) is 0 Å². The molecular weight excluding hydrogens is 254 g/mol. The highest BCUT2D eigenvalue weighted by atomic mass is 79.9. The standard InChI is InChI=1S/C11H14BrNSi/c1-14(2,3)7-6-9-8-10(13)4-5-11(9)12/h4-5,8H,13H2,1-3H3. The van der Waals surface area contributed by atoms with E-state index in [4.69, 9.17) is 5.73 Å². The predicted octanol–water partition coefficient (Wildman–Crippen LogP) is 3.26. The maximum atomic E-state index is 5.69. The van der Waals surface area contributed by atoms with Crippen LogP contribution in [0.15, 0.2) is 22.7 Å². The van der Waals surface area contributed by atoms with Crippen LogP contribution in [-0.4, -0.2) is 8.07 Å². The fraction of sp³-hybridized carbons (Fsp3) is 0.273. The molecule has 1 aromatic carbocycles. The molecule has 1 aromatic rings. The molecule has 0 amide bonds. The van der Waals surface area contributed by atoms with Crippen molar-refractivity contribution in [2.24, 2.45) is 0 Å². The lowest BCUT2D eigenvalue weighted by Crippen LogP contribution is -2.16. The summed E-state index contributed by atoms with van der Waals surface area (Å²) < 4.78 is 1.01. The quantitative estimate of drug-likeness (QED) is 0.436. The second kappa shape index (κ2) is 4.20. The zero-order valence-electron chi connectivity index (χ0n) is 8.69. The molecule has 0 atom stereocenters. The molecular formula is C11H14BrNSi. The molecule has 74 valence electrons. The van der Waals surface area contributed by atoms with Crippen molar-refractivity contribution < 1.29 is 0 Å². The van der Waals surface area contributed by atoms with Crippen molar-refractivity contribution in [1.29, 1.82) is 0 Å². The lowest BCUT2D eigenvalue weighted by atomic mass is 10.2. The van der Waals surface area contributed by atoms with Crippen LogP contribution in [-0.2, 0) is 0 Å². The first-order valence-electron chi connectivity index (χ1n) is 4.47. The van der Waals surface area contributed by atoms with E-state index < -0.39 is 8.07 Å². The van der Waals surface area contributed by atoms with Gasteiger partial charge in [0.2, 0.25) is 0 Å². The van der Waals surface area contributed by atoms with Crippen LogP contribution in [0.25, 0.3) is 0 Å². The molecule has 0 aliphatic carbocycles. The molecule has 0 radical (unpaired) electrons. The highest BCUT2D eigenvalue weighted by Crippen LogP contribution is 2.18. The first-order chi connectivity index (χ1) is 6.38. The predicted molar refractivity (Wildman–Crippen MR) is 68.8 cm³/mol. The Balaban J connectivity index is 3.06. The van der Waals surface area contributed by atoms with Gasteiger partial charge in [-0.3, -0.25) is 0 Å². The molecule has 1 rings (SSSR count). The molecule has 0 spiro atoms. The fourth-order valence-corrected chi connectivity index (χ4v) is 1.75. The van der Waals surface area contributed by atoms with Gasteiger partial charge in [-0.05, 0) is 34.1 Å². The Morgan fingerprint density at radius 1 is 1.29 bits per heavy atom. The van der Waals surface area contributed by atoms with Crippen molar-refractivity contribution in [2.75, 3.05) is 5.73 Å². The van der Waals surface area contributed by atoms with Gasteiger partial charge in [0, 0.05) is 15.7 Å². The molecule has 14 heavy (non-hydrogen) atoms. The van der Waals surface area contributed by atoms with E-state index in [1.54, 1.807) is 0 Å². The first kappa shape index (κ1) is 11.4. The Kier molecular flexibility index (Phi) is 3.41. The largest absolute Gasteiger partial charge is 0.399 e. The average molecular weight is 268 g/mol. The SMILES string of the molecule is C[Si](C)(C)C#Cc1cc(N)ccc1Br. The minimum Gasteiger partial charge on any atom is -0.399 e. The fourth-order valence-electron chi connectivity index (χ4n) is 0.894. The number of hydrogen-bond donors (Lipinski definition) is 1. The summed E-state index contributed by atoms with van der Waals surface area (Å²) in [5, 5.41) is 0. The van der Waals surface area contributed by atoms with Gasteiger partial charge in [-0.2, -0.15) is 0 Å². The Morgan fingerprint density at radius 2 is 1.93 bits per heavy atom. The minimum absolute atomic E-state index is 0.757. The molecule has 0 aromatic heterocycles. The van der Waals surface area contributed by atoms with Gasteiger partial charge in [0.15, 0.2) is 0 Å². The van der Waals surface area contributed by atoms with Crippen molar-refractivity contribution in [1.82, 2.24) is 0 Å². The molecule has 0 aliphatic heterocycles. The van der Waals surface area contributed by atoms with E-state index in [0.29, 0.717) is 0 Å². The van der Waals surface area contributed by atoms with E-state index >= 15 is 0 Å². The maximum Gasteiger partial charge on any atom is 0.129 e. The van der Waals surface area contributed by atoms with Gasteiger partial charge in [0.1, 0.15) is 8.07 Å². The van der Waals surface area contributed by atoms with Gasteiger partial charge in [0.05, 0.1) is 0 Å². The molecule has 0 saturated heterocycles. The number of rotatable bonds is 0. The van der Waals surface area contributed by atoms with Crippen molar-refractivity contribution in [3.63, 3.8) is 0 Å². The highest BCUT2D eigenvalue weighted by Gasteiger charge is 2.07. The van der Waals surface area contributed by atoms with Crippen LogP contribution in [0.1, 0.15) is 5.56 Å². The van der Waals surface area contributed by atoms with Gasteiger partial charge in [0.25, 0.3) is 0 Å². The molecule has 0 aliphatic rings. The van der Waals surface area contributed by atoms with Gasteiger partial charge >= 0.3 is 0 Å². The lowest BCUT2D eigenvalue weighted by molar-refractivity contribution is 1.58. The summed E-state index contributed by atoms with van der Waals surface area (Å²) in [5.74, 6) is 3.18. The number of nitrogen functional groups attached to an aromatic ring is 1. The summed E-state index contributed by atoms with van der Waals surface area (Å²) in [7, 11) is -1.30. The third-order valence-electron chi connectivity index (χ3n) is 1.56. The maximum absolute atomic E-state index is 5.69. The Morgan fingerprint density at radius 3 is 2.50 bits per heavy atom. The Bertz CT molecular complexity index is 396. The molecule has 3 heteroatoms. The topological polar surface area (TPSA) is 26.0 Å². The van der Waals surface area contributed by atoms with Crippen LogP contribution in [0.2, 0.25) is 19.6 Å². The van der Waals surface area contributed by atoms with Crippen molar-refractivity contribution in [3.8, 4) is 11.5 Å². The lowest BCUT2D eigenvalue weighted by Gasteiger charge is -2.04. The summed E-state index contributed by atoms with van der Waals surface area (Å²) in [4.78, 5) is 0. The van der Waals surface area contributed by atoms with Gasteiger partial charge in [-0.15, -0.1) is 5.54 Å². The molecule has 2 N–H and O–H groups in total. The van der Waals surface area contributed by atoms with E-state index in [1.807, 2.05) is 18.2 Å². The van der Waals surface area contributed by atoms with E-state index in [0.717, 1.165) is 15.7 Å². The second-order valence-corrected chi connectivity index (χ2v) is 9.84. The normalized spacial score (nSPS) is 10.6. The van der Waals surface area contributed by atoms with E-state index in [2.05, 4.69) is 47.0 Å². The Labute approximate surface area is 94.8 Å². The molecule has 0 saturated carbocycles. The van der Waals surface area contributed by atoms with Crippen molar-refractivity contribution in [3.05, 3.63) is 28.2 Å². The van der Waals surface area contributed by atoms with E-state index in [-0.39, 0.29) is 0 Å². The summed E-state index contributed by atoms with van der Waals surface area (Å²) >= 11 is 3.46. The minimum atomic E-state index is -1.30. The Hall–Kier alpha value is -0.723. The van der Waals surface area contributed by atoms with E-state index in [9.17, 15) is 0 Å². The number of nitrogens with two attached hydrogens (primary N) is 1. The smallest absolute Gasteiger partial charge is 0.129 e. The zero-order valence-corrected chi connectivity index (χ0v) is 11.3. The van der Waals surface area contributed by atoms with Gasteiger partial charge < -0.3 is 5.73 Å². The zero-order chi connectivity index (χ0) is 10.8. The summed E-state index contributed by atoms with van der Waals surface area (Å²) in [6, 6.07) is 5.70. The molecule has 0 heterocycles. The van der Waals surface area contributed by atoms with Crippen LogP contribution in [0.4, 0.5) is 5.69 Å². The highest BCUT2D eigenvalue weighted by molar-refractivity contribution is 9.10. The molecule has 0 unspecified atom stereocenters. The second-order valence-electron chi connectivity index (χ2n) is 4.24. The third kappa shape index (κ3) is 3.57. The monoisotopic (exact) mass is 267 g/mol. The third-order valence-corrected chi connectivity index (χ3v) is 3.13. The molecule has 1 nitrogen and oxygen atoms in total. The number of anilines is 1. The molecule has 0 fully saturated rings. The van der Waals surface area contributed by atoms with Crippen molar-refractivity contribution >= 4 is 29.7 Å². The van der Waals surface area contributed by atoms with Gasteiger partial charge in [-0.1, -0.05) is 25.6 Å². The van der Waals surface area contributed by atoms with Crippen molar-refractivity contribution in [2.45, 2.75) is 19.6 Å². The first-order valence-corrected chi connectivity index (χ1v) is 8.76. The van der Waals surface area contributed by atoms with Gasteiger partial charge in [-0.25, -0.2) is 0 Å². The number of hydrogen-bond acceptors (Lipinski definition) is 1.